The molecule has 0 saturated carbocycles. The summed E-state index contributed by atoms with van der Waals surface area (Å²) in [6.45, 7) is 11.7. The van der Waals surface area contributed by atoms with Crippen LogP contribution in [-0.2, 0) is 0 Å². The molecular weight excluding hydrogens is 467 g/mol. The minimum Gasteiger partial charge on any atom is -0.422 e. The molecule has 0 amide bonds. The third-order valence-corrected chi connectivity index (χ3v) is 6.82. The van der Waals surface area contributed by atoms with E-state index in [0.717, 1.165) is 44.5 Å². The van der Waals surface area contributed by atoms with Crippen molar-refractivity contribution in [2.24, 2.45) is 0 Å². The van der Waals surface area contributed by atoms with E-state index in [9.17, 15) is 14.0 Å². The molecule has 0 spiro atoms. The van der Waals surface area contributed by atoms with Crippen molar-refractivity contribution in [1.82, 2.24) is 0 Å². The average molecular weight is 497 g/mol. The van der Waals surface area contributed by atoms with Crippen molar-refractivity contribution >= 4 is 11.9 Å². The number of ether oxygens (including phenoxy) is 2. The Bertz CT molecular complexity index is 1500. The Balaban J connectivity index is 1.69. The van der Waals surface area contributed by atoms with Crippen molar-refractivity contribution in [3.8, 4) is 22.6 Å². The van der Waals surface area contributed by atoms with Crippen LogP contribution in [0.3, 0.4) is 0 Å². The Kier molecular flexibility index (Phi) is 7.25. The summed E-state index contributed by atoms with van der Waals surface area (Å²) in [4.78, 5) is 25.4. The normalized spacial score (nSPS) is 10.8. The van der Waals surface area contributed by atoms with Gasteiger partial charge in [-0.3, -0.25) is 0 Å². The second-order valence-corrected chi connectivity index (χ2v) is 9.29. The first-order chi connectivity index (χ1) is 17.6. The molecule has 0 aliphatic rings. The van der Waals surface area contributed by atoms with E-state index in [1.165, 1.54) is 24.3 Å². The molecule has 0 atom stereocenters. The Labute approximate surface area is 216 Å². The molecule has 0 aromatic heterocycles. The van der Waals surface area contributed by atoms with E-state index < -0.39 is 17.8 Å². The fourth-order valence-corrected chi connectivity index (χ4v) is 4.45. The van der Waals surface area contributed by atoms with Gasteiger partial charge in [0.15, 0.2) is 0 Å². The van der Waals surface area contributed by atoms with Gasteiger partial charge in [0.1, 0.15) is 17.3 Å². The van der Waals surface area contributed by atoms with E-state index in [0.29, 0.717) is 17.1 Å². The van der Waals surface area contributed by atoms with Crippen LogP contribution < -0.4 is 9.47 Å². The molecular formula is C32H29FO4. The van der Waals surface area contributed by atoms with Gasteiger partial charge in [0.2, 0.25) is 0 Å². The van der Waals surface area contributed by atoms with Crippen molar-refractivity contribution in [1.29, 1.82) is 0 Å². The zero-order valence-electron chi connectivity index (χ0n) is 21.9. The van der Waals surface area contributed by atoms with Crippen molar-refractivity contribution in [3.63, 3.8) is 0 Å². The van der Waals surface area contributed by atoms with E-state index in [-0.39, 0.29) is 5.56 Å². The molecule has 4 aromatic carbocycles. The molecule has 0 unspecified atom stereocenters. The van der Waals surface area contributed by atoms with Crippen LogP contribution in [0.25, 0.3) is 11.1 Å². The number of halogens is 1. The van der Waals surface area contributed by atoms with Gasteiger partial charge in [-0.2, -0.15) is 0 Å². The summed E-state index contributed by atoms with van der Waals surface area (Å²) in [5.41, 5.74) is 8.19. The first-order valence-corrected chi connectivity index (χ1v) is 12.1. The van der Waals surface area contributed by atoms with Crippen LogP contribution in [0.1, 0.15) is 54.1 Å². The van der Waals surface area contributed by atoms with E-state index in [4.69, 9.17) is 9.47 Å². The van der Waals surface area contributed by atoms with Crippen molar-refractivity contribution < 1.29 is 23.5 Å². The van der Waals surface area contributed by atoms with Crippen LogP contribution in [0.15, 0.2) is 66.7 Å². The molecule has 4 rings (SSSR count). The summed E-state index contributed by atoms with van der Waals surface area (Å²) < 4.78 is 24.8. The fourth-order valence-electron chi connectivity index (χ4n) is 4.45. The van der Waals surface area contributed by atoms with Crippen LogP contribution in [0.5, 0.6) is 11.5 Å². The molecule has 0 radical (unpaired) electrons. The molecule has 0 saturated heterocycles. The quantitative estimate of drug-likeness (QED) is 0.209. The van der Waals surface area contributed by atoms with Gasteiger partial charge in [-0.15, -0.1) is 0 Å². The van der Waals surface area contributed by atoms with Crippen LogP contribution in [0, 0.1) is 47.4 Å². The van der Waals surface area contributed by atoms with Gasteiger partial charge in [0, 0.05) is 0 Å². The molecule has 0 bridgehead atoms. The first-order valence-electron chi connectivity index (χ1n) is 12.1. The number of rotatable bonds is 5. The highest BCUT2D eigenvalue weighted by atomic mass is 19.1. The van der Waals surface area contributed by atoms with Crippen LogP contribution in [0.2, 0.25) is 0 Å². The Morgan fingerprint density at radius 3 is 1.41 bits per heavy atom. The summed E-state index contributed by atoms with van der Waals surface area (Å²) >= 11 is 0. The predicted octanol–water partition coefficient (Wildman–Crippen LogP) is 7.78. The maximum absolute atomic E-state index is 13.2. The average Bonchev–Trinajstić information content (AvgIpc) is 2.89. The third-order valence-electron chi connectivity index (χ3n) is 6.82. The molecule has 0 fully saturated rings. The molecule has 4 nitrogen and oxygen atoms in total. The molecule has 188 valence electrons. The lowest BCUT2D eigenvalue weighted by Gasteiger charge is -2.21. The summed E-state index contributed by atoms with van der Waals surface area (Å²) in [7, 11) is 0. The summed E-state index contributed by atoms with van der Waals surface area (Å²) in [5, 5.41) is 0. The molecule has 0 aliphatic carbocycles. The Morgan fingerprint density at radius 2 is 0.973 bits per heavy atom. The van der Waals surface area contributed by atoms with Gasteiger partial charge < -0.3 is 9.47 Å². The highest BCUT2D eigenvalue weighted by molar-refractivity contribution is 5.92. The minimum atomic E-state index is -0.536. The lowest BCUT2D eigenvalue weighted by molar-refractivity contribution is 0.0722. The maximum atomic E-state index is 13.2. The lowest BCUT2D eigenvalue weighted by Crippen LogP contribution is -2.12. The first kappa shape index (κ1) is 25.8. The molecule has 0 N–H and O–H groups in total. The number of aryl methyl sites for hydroxylation is 2. The van der Waals surface area contributed by atoms with Gasteiger partial charge in [0.05, 0.1) is 11.1 Å². The predicted molar refractivity (Wildman–Crippen MR) is 143 cm³/mol. The van der Waals surface area contributed by atoms with Gasteiger partial charge >= 0.3 is 11.9 Å². The standard InChI is InChI=1S/C32H29FO4/c1-18-16-27(20(3)22(5)29(18)36-31(34)24-10-8-7-9-11-24)28-17-19(2)30(23(6)21(28)4)37-32(35)25-12-14-26(33)15-13-25/h7-17H,1-6H3. The highest BCUT2D eigenvalue weighted by Crippen LogP contribution is 2.40. The van der Waals surface area contributed by atoms with Crippen LogP contribution >= 0.6 is 0 Å². The SMILES string of the molecule is Cc1cc(-c2cc(C)c(OC(=O)c3ccc(F)cc3)c(C)c2C)c(C)c(C)c1OC(=O)c1ccccc1. The number of carbonyl (C=O) groups is 2. The Hall–Kier alpha value is -4.25. The van der Waals surface area contributed by atoms with Crippen LogP contribution in [0.4, 0.5) is 4.39 Å². The van der Waals surface area contributed by atoms with Gasteiger partial charge in [-0.25, -0.2) is 14.0 Å². The molecule has 5 heteroatoms. The maximum Gasteiger partial charge on any atom is 0.343 e. The molecule has 4 aromatic rings. The largest absolute Gasteiger partial charge is 0.422 e. The number of carbonyl (C=O) groups excluding carboxylic acids is 2. The van der Waals surface area contributed by atoms with Crippen molar-refractivity contribution in [3.05, 3.63) is 117 Å². The smallest absolute Gasteiger partial charge is 0.343 e. The molecule has 0 heterocycles. The third kappa shape index (κ3) is 5.17. The summed E-state index contributed by atoms with van der Waals surface area (Å²) in [6, 6.07) is 18.2. The zero-order valence-corrected chi connectivity index (χ0v) is 21.9. The number of benzene rings is 4. The van der Waals surface area contributed by atoms with E-state index in [1.54, 1.807) is 24.3 Å². The summed E-state index contributed by atoms with van der Waals surface area (Å²) in [6.07, 6.45) is 0. The van der Waals surface area contributed by atoms with Crippen molar-refractivity contribution in [2.45, 2.75) is 41.5 Å². The molecule has 37 heavy (non-hydrogen) atoms. The topological polar surface area (TPSA) is 52.6 Å². The highest BCUT2D eigenvalue weighted by Gasteiger charge is 2.21. The monoisotopic (exact) mass is 496 g/mol. The minimum absolute atomic E-state index is 0.282. The van der Waals surface area contributed by atoms with Gasteiger partial charge in [0.25, 0.3) is 0 Å². The lowest BCUT2D eigenvalue weighted by atomic mass is 9.88. The second-order valence-electron chi connectivity index (χ2n) is 9.29. The van der Waals surface area contributed by atoms with Gasteiger partial charge in [-0.1, -0.05) is 18.2 Å². The summed E-state index contributed by atoms with van der Waals surface area (Å²) in [5.74, 6) is -0.285. The second kappa shape index (κ2) is 10.4. The van der Waals surface area contributed by atoms with E-state index in [1.807, 2.05) is 59.7 Å². The zero-order chi connectivity index (χ0) is 26.9. The molecule has 0 aliphatic heterocycles. The van der Waals surface area contributed by atoms with Crippen molar-refractivity contribution in [2.75, 3.05) is 0 Å². The number of hydrogen-bond acceptors (Lipinski definition) is 4. The number of hydrogen-bond donors (Lipinski definition) is 0. The number of esters is 2. The Morgan fingerprint density at radius 1 is 0.568 bits per heavy atom. The van der Waals surface area contributed by atoms with E-state index >= 15 is 0 Å². The van der Waals surface area contributed by atoms with Gasteiger partial charge in [-0.05, 0) is 135 Å². The van der Waals surface area contributed by atoms with Crippen LogP contribution in [-0.4, -0.2) is 11.9 Å². The fraction of sp³-hybridized carbons (Fsp3) is 0.188. The van der Waals surface area contributed by atoms with E-state index in [2.05, 4.69) is 0 Å².